The fraction of sp³-hybridized carbons (Fsp3) is 0.818. The summed E-state index contributed by atoms with van der Waals surface area (Å²) in [5, 5.41) is 13.7. The Balaban J connectivity index is 3.35. The molecule has 0 aromatic heterocycles. The SMILES string of the molecule is COCCOCCCNC(=O)NCC(C)C(=O)O. The molecular formula is C11H22N2O5. The molecular weight excluding hydrogens is 240 g/mol. The molecule has 7 nitrogen and oxygen atoms in total. The van der Waals surface area contributed by atoms with E-state index in [0.717, 1.165) is 0 Å². The molecule has 0 bridgehead atoms. The number of aliphatic carboxylic acids is 1. The van der Waals surface area contributed by atoms with Crippen LogP contribution in [0, 0.1) is 5.92 Å². The summed E-state index contributed by atoms with van der Waals surface area (Å²) in [7, 11) is 1.60. The predicted molar refractivity (Wildman–Crippen MR) is 65.5 cm³/mol. The van der Waals surface area contributed by atoms with Crippen LogP contribution in [0.15, 0.2) is 0 Å². The summed E-state index contributed by atoms with van der Waals surface area (Å²) in [6, 6.07) is -0.361. The summed E-state index contributed by atoms with van der Waals surface area (Å²) >= 11 is 0. The molecule has 18 heavy (non-hydrogen) atoms. The molecule has 0 saturated carbocycles. The molecule has 0 fully saturated rings. The first kappa shape index (κ1) is 16.7. The average Bonchev–Trinajstić information content (AvgIpc) is 2.34. The second-order valence-electron chi connectivity index (χ2n) is 3.83. The number of methoxy groups -OCH3 is 1. The Kier molecular flexibility index (Phi) is 9.99. The number of urea groups is 1. The van der Waals surface area contributed by atoms with Crippen LogP contribution in [0.1, 0.15) is 13.3 Å². The van der Waals surface area contributed by atoms with Crippen LogP contribution < -0.4 is 10.6 Å². The lowest BCUT2D eigenvalue weighted by Crippen LogP contribution is -2.39. The topological polar surface area (TPSA) is 96.9 Å². The number of carbonyl (C=O) groups is 2. The van der Waals surface area contributed by atoms with E-state index in [1.165, 1.54) is 6.92 Å². The lowest BCUT2D eigenvalue weighted by atomic mass is 10.2. The first-order chi connectivity index (χ1) is 8.57. The fourth-order valence-electron chi connectivity index (χ4n) is 1.02. The Morgan fingerprint density at radius 3 is 2.56 bits per heavy atom. The maximum atomic E-state index is 11.2. The Bertz CT molecular complexity index is 248. The first-order valence-corrected chi connectivity index (χ1v) is 5.89. The van der Waals surface area contributed by atoms with Crippen molar-refractivity contribution in [1.82, 2.24) is 10.6 Å². The van der Waals surface area contributed by atoms with Crippen molar-refractivity contribution in [1.29, 1.82) is 0 Å². The van der Waals surface area contributed by atoms with E-state index in [1.807, 2.05) is 0 Å². The van der Waals surface area contributed by atoms with Crippen LogP contribution in [0.25, 0.3) is 0 Å². The van der Waals surface area contributed by atoms with Gasteiger partial charge in [-0.05, 0) is 6.42 Å². The molecule has 2 amide bonds. The summed E-state index contributed by atoms with van der Waals surface area (Å²) in [6.45, 7) is 3.78. The van der Waals surface area contributed by atoms with Gasteiger partial charge in [0.05, 0.1) is 19.1 Å². The molecule has 0 aliphatic rings. The minimum absolute atomic E-state index is 0.117. The normalized spacial score (nSPS) is 11.9. The number of nitrogens with one attached hydrogen (secondary N) is 2. The zero-order valence-corrected chi connectivity index (χ0v) is 10.9. The number of carboxylic acid groups (broad SMARTS) is 1. The molecule has 106 valence electrons. The number of rotatable bonds is 10. The molecule has 0 aliphatic heterocycles. The highest BCUT2D eigenvalue weighted by atomic mass is 16.5. The lowest BCUT2D eigenvalue weighted by Gasteiger charge is -2.09. The first-order valence-electron chi connectivity index (χ1n) is 5.89. The second-order valence-corrected chi connectivity index (χ2v) is 3.83. The third kappa shape index (κ3) is 9.86. The monoisotopic (exact) mass is 262 g/mol. The van der Waals surface area contributed by atoms with E-state index < -0.39 is 11.9 Å². The van der Waals surface area contributed by atoms with Crippen molar-refractivity contribution in [2.45, 2.75) is 13.3 Å². The van der Waals surface area contributed by atoms with Crippen LogP contribution in [0.4, 0.5) is 4.79 Å². The number of hydrogen-bond donors (Lipinski definition) is 3. The summed E-state index contributed by atoms with van der Waals surface area (Å²) in [4.78, 5) is 21.7. The van der Waals surface area contributed by atoms with E-state index in [4.69, 9.17) is 14.6 Å². The molecule has 3 N–H and O–H groups in total. The highest BCUT2D eigenvalue weighted by molar-refractivity contribution is 5.75. The third-order valence-electron chi connectivity index (χ3n) is 2.17. The van der Waals surface area contributed by atoms with Crippen LogP contribution in [0.2, 0.25) is 0 Å². The number of ether oxygens (including phenoxy) is 2. The molecule has 0 aromatic rings. The average molecular weight is 262 g/mol. The predicted octanol–water partition coefficient (Wildman–Crippen LogP) is 0.0594. The third-order valence-corrected chi connectivity index (χ3v) is 2.17. The summed E-state index contributed by atoms with van der Waals surface area (Å²) in [6.07, 6.45) is 0.700. The van der Waals surface area contributed by atoms with E-state index in [1.54, 1.807) is 7.11 Å². The molecule has 7 heteroatoms. The van der Waals surface area contributed by atoms with Crippen molar-refractivity contribution in [3.8, 4) is 0 Å². The highest BCUT2D eigenvalue weighted by Crippen LogP contribution is 1.90. The van der Waals surface area contributed by atoms with Gasteiger partial charge in [-0.15, -0.1) is 0 Å². The quantitative estimate of drug-likeness (QED) is 0.484. The van der Waals surface area contributed by atoms with Crippen molar-refractivity contribution in [2.75, 3.05) is 40.0 Å². The molecule has 0 saturated heterocycles. The highest BCUT2D eigenvalue weighted by Gasteiger charge is 2.11. The van der Waals surface area contributed by atoms with E-state index in [-0.39, 0.29) is 12.6 Å². The maximum Gasteiger partial charge on any atom is 0.314 e. The molecule has 1 unspecified atom stereocenters. The summed E-state index contributed by atoms with van der Waals surface area (Å²) in [5.41, 5.74) is 0. The van der Waals surface area contributed by atoms with Crippen LogP contribution in [-0.2, 0) is 14.3 Å². The van der Waals surface area contributed by atoms with Gasteiger partial charge < -0.3 is 25.2 Å². The standard InChI is InChI=1S/C11H22N2O5/c1-9(10(14)15)8-13-11(16)12-4-3-5-18-7-6-17-2/h9H,3-8H2,1-2H3,(H,14,15)(H2,12,13,16). The molecule has 0 aromatic carbocycles. The van der Waals surface area contributed by atoms with Crippen LogP contribution in [-0.4, -0.2) is 57.1 Å². The van der Waals surface area contributed by atoms with Crippen molar-refractivity contribution in [3.63, 3.8) is 0 Å². The Morgan fingerprint density at radius 1 is 1.22 bits per heavy atom. The smallest absolute Gasteiger partial charge is 0.314 e. The largest absolute Gasteiger partial charge is 0.481 e. The number of carboxylic acids is 1. The van der Waals surface area contributed by atoms with Crippen molar-refractivity contribution in [2.24, 2.45) is 5.92 Å². The van der Waals surface area contributed by atoms with Crippen molar-refractivity contribution >= 4 is 12.0 Å². The number of amides is 2. The zero-order chi connectivity index (χ0) is 13.8. The van der Waals surface area contributed by atoms with Crippen molar-refractivity contribution in [3.05, 3.63) is 0 Å². The summed E-state index contributed by atoms with van der Waals surface area (Å²) in [5.74, 6) is -1.52. The van der Waals surface area contributed by atoms with E-state index in [0.29, 0.717) is 32.8 Å². The van der Waals surface area contributed by atoms with Crippen LogP contribution in [0.5, 0.6) is 0 Å². The van der Waals surface area contributed by atoms with E-state index >= 15 is 0 Å². The van der Waals surface area contributed by atoms with Gasteiger partial charge in [-0.25, -0.2) is 4.79 Å². The molecule has 0 aliphatic carbocycles. The van der Waals surface area contributed by atoms with E-state index in [9.17, 15) is 9.59 Å². The van der Waals surface area contributed by atoms with Gasteiger partial charge in [-0.3, -0.25) is 4.79 Å². The van der Waals surface area contributed by atoms with Gasteiger partial charge in [-0.1, -0.05) is 6.92 Å². The van der Waals surface area contributed by atoms with Gasteiger partial charge >= 0.3 is 12.0 Å². The molecule has 0 radical (unpaired) electrons. The van der Waals surface area contributed by atoms with Crippen LogP contribution in [0.3, 0.4) is 0 Å². The van der Waals surface area contributed by atoms with Gasteiger partial charge in [0.15, 0.2) is 0 Å². The van der Waals surface area contributed by atoms with Gasteiger partial charge in [0.1, 0.15) is 0 Å². The lowest BCUT2D eigenvalue weighted by molar-refractivity contribution is -0.140. The molecule has 0 heterocycles. The van der Waals surface area contributed by atoms with Gasteiger partial charge in [0.25, 0.3) is 0 Å². The van der Waals surface area contributed by atoms with Gasteiger partial charge in [0.2, 0.25) is 0 Å². The maximum absolute atomic E-state index is 11.2. The minimum atomic E-state index is -0.929. The van der Waals surface area contributed by atoms with E-state index in [2.05, 4.69) is 10.6 Å². The number of carbonyl (C=O) groups excluding carboxylic acids is 1. The van der Waals surface area contributed by atoms with Crippen molar-refractivity contribution < 1.29 is 24.2 Å². The Labute approximate surface area is 107 Å². The zero-order valence-electron chi connectivity index (χ0n) is 10.9. The fourth-order valence-corrected chi connectivity index (χ4v) is 1.02. The van der Waals surface area contributed by atoms with Gasteiger partial charge in [0, 0.05) is 26.8 Å². The molecule has 0 rings (SSSR count). The molecule has 0 spiro atoms. The Morgan fingerprint density at radius 2 is 1.94 bits per heavy atom. The Hall–Kier alpha value is -1.34. The second kappa shape index (κ2) is 10.8. The minimum Gasteiger partial charge on any atom is -0.481 e. The van der Waals surface area contributed by atoms with Gasteiger partial charge in [-0.2, -0.15) is 0 Å². The van der Waals surface area contributed by atoms with Crippen LogP contribution >= 0.6 is 0 Å². The molecule has 1 atom stereocenters. The summed E-state index contributed by atoms with van der Waals surface area (Å²) < 4.78 is 10.0. The number of hydrogen-bond acceptors (Lipinski definition) is 4.